The first-order chi connectivity index (χ1) is 9.46. The van der Waals surface area contributed by atoms with E-state index in [-0.39, 0.29) is 11.8 Å². The van der Waals surface area contributed by atoms with Crippen LogP contribution in [0.5, 0.6) is 0 Å². The van der Waals surface area contributed by atoms with Crippen LogP contribution in [-0.4, -0.2) is 44.6 Å². The number of carbonyl (C=O) groups excluding carboxylic acids is 1. The average Bonchev–Trinajstić information content (AvgIpc) is 3.02. The molecule has 0 saturated heterocycles. The van der Waals surface area contributed by atoms with Crippen LogP contribution in [0, 0.1) is 0 Å². The number of halogens is 3. The standard InChI is InChI=1S/C10H14F3N5OS/c11-10(12,13)6-14-8(19)5-20-9-15-16-17-18(9)7-3-1-2-4-7/h7H,1-6H2,(H,14,19). The molecule has 0 atom stereocenters. The van der Waals surface area contributed by atoms with Crippen molar-refractivity contribution >= 4 is 17.7 Å². The van der Waals surface area contributed by atoms with Crippen LogP contribution in [0.2, 0.25) is 0 Å². The van der Waals surface area contributed by atoms with Gasteiger partial charge < -0.3 is 5.32 Å². The van der Waals surface area contributed by atoms with Gasteiger partial charge in [0.1, 0.15) is 6.54 Å². The number of hydrogen-bond acceptors (Lipinski definition) is 5. The van der Waals surface area contributed by atoms with Gasteiger partial charge in [-0.2, -0.15) is 13.2 Å². The highest BCUT2D eigenvalue weighted by Crippen LogP contribution is 2.31. The lowest BCUT2D eigenvalue weighted by Gasteiger charge is -2.11. The van der Waals surface area contributed by atoms with Gasteiger partial charge in [0, 0.05) is 0 Å². The van der Waals surface area contributed by atoms with Crippen molar-refractivity contribution < 1.29 is 18.0 Å². The number of hydrogen-bond donors (Lipinski definition) is 1. The van der Waals surface area contributed by atoms with Crippen molar-refractivity contribution in [2.45, 2.75) is 43.1 Å². The predicted molar refractivity (Wildman–Crippen MR) is 65.1 cm³/mol. The van der Waals surface area contributed by atoms with Gasteiger partial charge in [0.2, 0.25) is 11.1 Å². The average molecular weight is 309 g/mol. The van der Waals surface area contributed by atoms with Crippen LogP contribution in [-0.2, 0) is 4.79 Å². The molecule has 1 aliphatic rings. The monoisotopic (exact) mass is 309 g/mol. The topological polar surface area (TPSA) is 72.7 Å². The highest BCUT2D eigenvalue weighted by molar-refractivity contribution is 7.99. The Morgan fingerprint density at radius 2 is 2.10 bits per heavy atom. The van der Waals surface area contributed by atoms with E-state index < -0.39 is 18.6 Å². The minimum absolute atomic E-state index is 0.136. The molecule has 2 rings (SSSR count). The maximum Gasteiger partial charge on any atom is 0.405 e. The van der Waals surface area contributed by atoms with Gasteiger partial charge in [0.25, 0.3) is 0 Å². The van der Waals surface area contributed by atoms with Gasteiger partial charge in [-0.05, 0) is 23.3 Å². The third kappa shape index (κ3) is 4.36. The fourth-order valence-electron chi connectivity index (χ4n) is 2.04. The van der Waals surface area contributed by atoms with E-state index in [1.165, 1.54) is 0 Å². The maximum atomic E-state index is 11.9. The van der Waals surface area contributed by atoms with E-state index in [1.54, 1.807) is 4.68 Å². The van der Waals surface area contributed by atoms with Gasteiger partial charge >= 0.3 is 6.18 Å². The van der Waals surface area contributed by atoms with E-state index in [4.69, 9.17) is 0 Å². The second-order valence-corrected chi connectivity index (χ2v) is 5.47. The quantitative estimate of drug-likeness (QED) is 0.836. The van der Waals surface area contributed by atoms with E-state index >= 15 is 0 Å². The first-order valence-electron chi connectivity index (χ1n) is 6.20. The number of nitrogens with one attached hydrogen (secondary N) is 1. The summed E-state index contributed by atoms with van der Waals surface area (Å²) in [6.45, 7) is -1.32. The van der Waals surface area contributed by atoms with Crippen molar-refractivity contribution in [1.29, 1.82) is 0 Å². The lowest BCUT2D eigenvalue weighted by Crippen LogP contribution is -2.34. The number of alkyl halides is 3. The maximum absolute atomic E-state index is 11.9. The van der Waals surface area contributed by atoms with Gasteiger partial charge in [-0.1, -0.05) is 24.6 Å². The Kier molecular flexibility index (Phi) is 4.84. The van der Waals surface area contributed by atoms with Crippen LogP contribution >= 0.6 is 11.8 Å². The molecule has 6 nitrogen and oxygen atoms in total. The number of thioether (sulfide) groups is 1. The Morgan fingerprint density at radius 1 is 1.40 bits per heavy atom. The smallest absolute Gasteiger partial charge is 0.346 e. The number of amides is 1. The van der Waals surface area contributed by atoms with E-state index in [0.29, 0.717) is 5.16 Å². The molecule has 0 aliphatic heterocycles. The minimum atomic E-state index is -4.40. The summed E-state index contributed by atoms with van der Waals surface area (Å²) >= 11 is 1.05. The van der Waals surface area contributed by atoms with E-state index in [0.717, 1.165) is 37.4 Å². The molecule has 20 heavy (non-hydrogen) atoms. The highest BCUT2D eigenvalue weighted by atomic mass is 32.2. The van der Waals surface area contributed by atoms with Crippen LogP contribution in [0.15, 0.2) is 5.16 Å². The molecule has 1 saturated carbocycles. The second-order valence-electron chi connectivity index (χ2n) is 4.52. The van der Waals surface area contributed by atoms with Crippen molar-refractivity contribution in [1.82, 2.24) is 25.5 Å². The van der Waals surface area contributed by atoms with Crippen LogP contribution in [0.25, 0.3) is 0 Å². The Balaban J connectivity index is 1.82. The van der Waals surface area contributed by atoms with Crippen molar-refractivity contribution in [3.63, 3.8) is 0 Å². The largest absolute Gasteiger partial charge is 0.405 e. The van der Waals surface area contributed by atoms with Gasteiger partial charge in [-0.3, -0.25) is 4.79 Å². The molecule has 1 amide bonds. The van der Waals surface area contributed by atoms with Crippen molar-refractivity contribution in [3.05, 3.63) is 0 Å². The first kappa shape index (κ1) is 15.1. The summed E-state index contributed by atoms with van der Waals surface area (Å²) < 4.78 is 37.5. The summed E-state index contributed by atoms with van der Waals surface area (Å²) in [4.78, 5) is 11.3. The SMILES string of the molecule is O=C(CSc1nnnn1C1CCCC1)NCC(F)(F)F. The third-order valence-corrected chi connectivity index (χ3v) is 3.88. The van der Waals surface area contributed by atoms with Crippen LogP contribution in [0.4, 0.5) is 13.2 Å². The van der Waals surface area contributed by atoms with Crippen LogP contribution in [0.1, 0.15) is 31.7 Å². The predicted octanol–water partition coefficient (Wildman–Crippen LogP) is 1.56. The molecule has 0 spiro atoms. The number of tetrazole rings is 1. The van der Waals surface area contributed by atoms with Gasteiger partial charge in [0.15, 0.2) is 0 Å². The van der Waals surface area contributed by atoms with Crippen LogP contribution in [0.3, 0.4) is 0 Å². The molecular weight excluding hydrogens is 295 g/mol. The Hall–Kier alpha value is -1.32. The number of rotatable bonds is 5. The fourth-order valence-corrected chi connectivity index (χ4v) is 2.81. The summed E-state index contributed by atoms with van der Waals surface area (Å²) in [6.07, 6.45) is -0.203. The molecule has 1 fully saturated rings. The molecule has 1 aromatic rings. The van der Waals surface area contributed by atoms with E-state index in [2.05, 4.69) is 15.5 Å². The van der Waals surface area contributed by atoms with Crippen molar-refractivity contribution in [3.8, 4) is 0 Å². The molecule has 0 bridgehead atoms. The zero-order valence-corrected chi connectivity index (χ0v) is 11.4. The molecule has 0 aromatic carbocycles. The minimum Gasteiger partial charge on any atom is -0.346 e. The molecule has 112 valence electrons. The molecule has 1 aliphatic carbocycles. The summed E-state index contributed by atoms with van der Waals surface area (Å²) in [6, 6.07) is 0.228. The third-order valence-electron chi connectivity index (χ3n) is 2.95. The Labute approximate surface area is 117 Å². The normalized spacial score (nSPS) is 16.6. The summed E-state index contributed by atoms with van der Waals surface area (Å²) in [5.74, 6) is -0.823. The Morgan fingerprint density at radius 3 is 2.75 bits per heavy atom. The van der Waals surface area contributed by atoms with E-state index in [1.807, 2.05) is 5.32 Å². The van der Waals surface area contributed by atoms with Gasteiger partial charge in [-0.25, -0.2) is 4.68 Å². The van der Waals surface area contributed by atoms with Gasteiger partial charge in [0.05, 0.1) is 11.8 Å². The van der Waals surface area contributed by atoms with Crippen molar-refractivity contribution in [2.24, 2.45) is 0 Å². The lowest BCUT2D eigenvalue weighted by molar-refractivity contribution is -0.136. The number of carbonyl (C=O) groups is 1. The summed E-state index contributed by atoms with van der Waals surface area (Å²) in [7, 11) is 0. The second kappa shape index (κ2) is 6.42. The molecule has 1 aromatic heterocycles. The summed E-state index contributed by atoms with van der Waals surface area (Å²) in [5.41, 5.74) is 0. The molecular formula is C10H14F3N5OS. The molecule has 10 heteroatoms. The zero-order valence-electron chi connectivity index (χ0n) is 10.6. The summed E-state index contributed by atoms with van der Waals surface area (Å²) in [5, 5.41) is 13.5. The highest BCUT2D eigenvalue weighted by Gasteiger charge is 2.28. The van der Waals surface area contributed by atoms with Crippen molar-refractivity contribution in [2.75, 3.05) is 12.3 Å². The molecule has 1 N–H and O–H groups in total. The lowest BCUT2D eigenvalue weighted by atomic mass is 10.3. The van der Waals surface area contributed by atoms with Crippen LogP contribution < -0.4 is 5.32 Å². The Bertz CT molecular complexity index is 458. The molecule has 0 radical (unpaired) electrons. The molecule has 1 heterocycles. The zero-order chi connectivity index (χ0) is 14.6. The van der Waals surface area contributed by atoms with E-state index in [9.17, 15) is 18.0 Å². The molecule has 0 unspecified atom stereocenters. The first-order valence-corrected chi connectivity index (χ1v) is 7.18. The van der Waals surface area contributed by atoms with Gasteiger partial charge in [-0.15, -0.1) is 5.10 Å². The number of nitrogens with zero attached hydrogens (tertiary/aromatic N) is 4. The number of aromatic nitrogens is 4. The fraction of sp³-hybridized carbons (Fsp3) is 0.800.